The van der Waals surface area contributed by atoms with Gasteiger partial charge in [0.15, 0.2) is 11.6 Å². The van der Waals surface area contributed by atoms with E-state index in [9.17, 15) is 8.78 Å². The zero-order valence-electron chi connectivity index (χ0n) is 11.5. The maximum atomic E-state index is 12.3. The van der Waals surface area contributed by atoms with E-state index in [0.717, 1.165) is 5.69 Å². The molecule has 0 spiro atoms. The van der Waals surface area contributed by atoms with Crippen LogP contribution in [0.1, 0.15) is 25.6 Å². The molecule has 0 saturated heterocycles. The van der Waals surface area contributed by atoms with Crippen molar-refractivity contribution in [1.82, 2.24) is 14.8 Å². The maximum Gasteiger partial charge on any atom is 0.387 e. The summed E-state index contributed by atoms with van der Waals surface area (Å²) in [6.45, 7) is 3.01. The summed E-state index contributed by atoms with van der Waals surface area (Å²) in [5, 5.41) is 4.42. The van der Waals surface area contributed by atoms with E-state index in [1.54, 1.807) is 0 Å². The van der Waals surface area contributed by atoms with Crippen LogP contribution in [0.5, 0.6) is 5.75 Å². The highest BCUT2D eigenvalue weighted by atomic mass is 19.3. The third kappa shape index (κ3) is 2.87. The molecule has 2 rings (SSSR count). The Morgan fingerprint density at radius 2 is 2.00 bits per heavy atom. The third-order valence-corrected chi connectivity index (χ3v) is 2.81. The van der Waals surface area contributed by atoms with Gasteiger partial charge in [-0.05, 0) is 32.9 Å². The summed E-state index contributed by atoms with van der Waals surface area (Å²) < 4.78 is 30.7. The summed E-state index contributed by atoms with van der Waals surface area (Å²) in [6.07, 6.45) is 1.49. The lowest BCUT2D eigenvalue weighted by Gasteiger charge is -2.08. The summed E-state index contributed by atoms with van der Waals surface area (Å²) in [6, 6.07) is 3.49. The number of hydrogen-bond acceptors (Lipinski definition) is 4. The maximum absolute atomic E-state index is 12.3. The predicted octanol–water partition coefficient (Wildman–Crippen LogP) is 3.02. The van der Waals surface area contributed by atoms with Crippen LogP contribution in [0.25, 0.3) is 11.3 Å². The van der Waals surface area contributed by atoms with Crippen LogP contribution in [-0.4, -0.2) is 21.4 Å². The van der Waals surface area contributed by atoms with Gasteiger partial charge in [-0.1, -0.05) is 0 Å². The van der Waals surface area contributed by atoms with E-state index in [1.807, 2.05) is 31.5 Å². The van der Waals surface area contributed by atoms with Gasteiger partial charge >= 0.3 is 6.61 Å². The minimum Gasteiger partial charge on any atom is -0.431 e. The Morgan fingerprint density at radius 3 is 2.55 bits per heavy atom. The summed E-state index contributed by atoms with van der Waals surface area (Å²) in [5.41, 5.74) is 7.70. The van der Waals surface area contributed by atoms with Gasteiger partial charge in [0, 0.05) is 23.5 Å². The molecule has 0 atom stereocenters. The minimum atomic E-state index is -2.94. The van der Waals surface area contributed by atoms with Gasteiger partial charge in [0.2, 0.25) is 0 Å². The SMILES string of the molecule is Cc1cc(-c2cnc(N)c(OC(F)F)c2)nn1C(C)C. The van der Waals surface area contributed by atoms with Crippen LogP contribution in [0.4, 0.5) is 14.6 Å². The monoisotopic (exact) mass is 282 g/mol. The number of nitrogens with zero attached hydrogens (tertiary/aromatic N) is 3. The fourth-order valence-corrected chi connectivity index (χ4v) is 1.94. The highest BCUT2D eigenvalue weighted by Gasteiger charge is 2.14. The molecule has 2 heterocycles. The van der Waals surface area contributed by atoms with Gasteiger partial charge in [-0.15, -0.1) is 0 Å². The van der Waals surface area contributed by atoms with Gasteiger partial charge in [0.1, 0.15) is 0 Å². The quantitative estimate of drug-likeness (QED) is 0.936. The van der Waals surface area contributed by atoms with E-state index in [4.69, 9.17) is 5.73 Å². The van der Waals surface area contributed by atoms with Gasteiger partial charge in [-0.25, -0.2) is 4.98 Å². The zero-order chi connectivity index (χ0) is 14.9. The van der Waals surface area contributed by atoms with E-state index in [1.165, 1.54) is 12.3 Å². The summed E-state index contributed by atoms with van der Waals surface area (Å²) in [7, 11) is 0. The smallest absolute Gasteiger partial charge is 0.387 e. The van der Waals surface area contributed by atoms with Gasteiger partial charge < -0.3 is 10.5 Å². The Bertz CT molecular complexity index is 610. The normalized spacial score (nSPS) is 11.3. The lowest BCUT2D eigenvalue weighted by atomic mass is 10.2. The number of aromatic nitrogens is 3. The van der Waals surface area contributed by atoms with Crippen LogP contribution in [-0.2, 0) is 0 Å². The topological polar surface area (TPSA) is 66.0 Å². The number of nitrogen functional groups attached to an aromatic ring is 1. The van der Waals surface area contributed by atoms with Crippen molar-refractivity contribution >= 4 is 5.82 Å². The average Bonchev–Trinajstić information content (AvgIpc) is 2.73. The largest absolute Gasteiger partial charge is 0.431 e. The van der Waals surface area contributed by atoms with Crippen LogP contribution < -0.4 is 10.5 Å². The molecule has 0 aromatic carbocycles. The molecule has 0 aliphatic rings. The van der Waals surface area contributed by atoms with Crippen LogP contribution in [0.3, 0.4) is 0 Å². The van der Waals surface area contributed by atoms with Crippen molar-refractivity contribution in [2.45, 2.75) is 33.4 Å². The second-order valence-corrected chi connectivity index (χ2v) is 4.70. The van der Waals surface area contributed by atoms with Crippen LogP contribution in [0.2, 0.25) is 0 Å². The predicted molar refractivity (Wildman–Crippen MR) is 71.6 cm³/mol. The van der Waals surface area contributed by atoms with Crippen molar-refractivity contribution in [1.29, 1.82) is 0 Å². The van der Waals surface area contributed by atoms with Crippen molar-refractivity contribution in [3.05, 3.63) is 24.0 Å². The average molecular weight is 282 g/mol. The Hall–Kier alpha value is -2.18. The second-order valence-electron chi connectivity index (χ2n) is 4.70. The molecule has 2 N–H and O–H groups in total. The van der Waals surface area contributed by atoms with Crippen LogP contribution in [0, 0.1) is 6.92 Å². The lowest BCUT2D eigenvalue weighted by Crippen LogP contribution is -2.06. The first-order valence-electron chi connectivity index (χ1n) is 6.15. The number of pyridine rings is 1. The molecule has 0 saturated carbocycles. The molecule has 0 aliphatic carbocycles. The van der Waals surface area contributed by atoms with Gasteiger partial charge in [0.05, 0.1) is 5.69 Å². The van der Waals surface area contributed by atoms with Crippen molar-refractivity contribution in [2.24, 2.45) is 0 Å². The number of alkyl halides is 2. The molecule has 108 valence electrons. The van der Waals surface area contributed by atoms with Gasteiger partial charge in [0.25, 0.3) is 0 Å². The molecule has 7 heteroatoms. The number of nitrogens with two attached hydrogens (primary N) is 1. The molecule has 5 nitrogen and oxygen atoms in total. The molecule has 0 radical (unpaired) electrons. The standard InChI is InChI=1S/C13H16F2N4O/c1-7(2)19-8(3)4-10(18-19)9-5-11(20-13(14)15)12(16)17-6-9/h4-7,13H,1-3H3,(H2,16,17). The third-order valence-electron chi connectivity index (χ3n) is 2.81. The zero-order valence-corrected chi connectivity index (χ0v) is 11.5. The summed E-state index contributed by atoms with van der Waals surface area (Å²) >= 11 is 0. The Morgan fingerprint density at radius 1 is 1.30 bits per heavy atom. The fraction of sp³-hybridized carbons (Fsp3) is 0.385. The van der Waals surface area contributed by atoms with Crippen LogP contribution in [0.15, 0.2) is 18.3 Å². The molecule has 0 aliphatic heterocycles. The van der Waals surface area contributed by atoms with E-state index in [-0.39, 0.29) is 17.6 Å². The molecular weight excluding hydrogens is 266 g/mol. The highest BCUT2D eigenvalue weighted by Crippen LogP contribution is 2.28. The number of halogens is 2. The summed E-state index contributed by atoms with van der Waals surface area (Å²) in [4.78, 5) is 3.86. The summed E-state index contributed by atoms with van der Waals surface area (Å²) in [5.74, 6) is -0.219. The molecular formula is C13H16F2N4O. The second kappa shape index (κ2) is 5.44. The molecule has 0 amide bonds. The van der Waals surface area contributed by atoms with E-state index in [2.05, 4.69) is 14.8 Å². The Labute approximate surface area is 115 Å². The number of ether oxygens (including phenoxy) is 1. The van der Waals surface area contributed by atoms with Crippen molar-refractivity contribution in [3.8, 4) is 17.0 Å². The lowest BCUT2D eigenvalue weighted by molar-refractivity contribution is -0.0494. The Kier molecular flexibility index (Phi) is 3.87. The highest BCUT2D eigenvalue weighted by molar-refractivity contribution is 5.64. The molecule has 2 aromatic heterocycles. The molecule has 0 fully saturated rings. The number of hydrogen-bond donors (Lipinski definition) is 1. The van der Waals surface area contributed by atoms with E-state index < -0.39 is 6.61 Å². The van der Waals surface area contributed by atoms with Crippen LogP contribution >= 0.6 is 0 Å². The number of rotatable bonds is 4. The molecule has 0 bridgehead atoms. The minimum absolute atomic E-state index is 0.0749. The molecule has 0 unspecified atom stereocenters. The molecule has 2 aromatic rings. The van der Waals surface area contributed by atoms with Crippen molar-refractivity contribution in [3.63, 3.8) is 0 Å². The van der Waals surface area contributed by atoms with E-state index in [0.29, 0.717) is 11.3 Å². The first kappa shape index (κ1) is 14.2. The van der Waals surface area contributed by atoms with Gasteiger partial charge in [-0.2, -0.15) is 13.9 Å². The first-order valence-corrected chi connectivity index (χ1v) is 6.15. The first-order chi connectivity index (χ1) is 9.38. The van der Waals surface area contributed by atoms with E-state index >= 15 is 0 Å². The molecule has 20 heavy (non-hydrogen) atoms. The number of aryl methyl sites for hydroxylation is 1. The Balaban J connectivity index is 2.40. The van der Waals surface area contributed by atoms with Crippen molar-refractivity contribution < 1.29 is 13.5 Å². The van der Waals surface area contributed by atoms with Gasteiger partial charge in [-0.3, -0.25) is 4.68 Å². The number of anilines is 1. The van der Waals surface area contributed by atoms with Crippen molar-refractivity contribution in [2.75, 3.05) is 5.73 Å². The fourth-order valence-electron chi connectivity index (χ4n) is 1.94.